The lowest BCUT2D eigenvalue weighted by atomic mass is 10.1. The number of nitrogens with zero attached hydrogens (tertiary/aromatic N) is 2. The summed E-state index contributed by atoms with van der Waals surface area (Å²) in [6.45, 7) is 3.45. The van der Waals surface area contributed by atoms with Crippen molar-refractivity contribution < 1.29 is 9.90 Å². The van der Waals surface area contributed by atoms with Crippen molar-refractivity contribution in [2.75, 3.05) is 31.1 Å². The normalized spacial score (nSPS) is 23.2. The Balaban J connectivity index is 1.67. The predicted octanol–water partition coefficient (Wildman–Crippen LogP) is 2.27. The third kappa shape index (κ3) is 3.38. The van der Waals surface area contributed by atoms with Gasteiger partial charge in [0.25, 0.3) is 5.91 Å². The maximum absolute atomic E-state index is 12.4. The van der Waals surface area contributed by atoms with E-state index in [-0.39, 0.29) is 12.0 Å². The van der Waals surface area contributed by atoms with Crippen molar-refractivity contribution in [1.82, 2.24) is 4.90 Å². The van der Waals surface area contributed by atoms with E-state index in [2.05, 4.69) is 17.0 Å². The molecule has 114 valence electrons. The summed E-state index contributed by atoms with van der Waals surface area (Å²) in [6.07, 6.45) is 5.16. The number of hydrogen-bond acceptors (Lipinski definition) is 3. The van der Waals surface area contributed by atoms with E-state index in [4.69, 9.17) is 0 Å². The van der Waals surface area contributed by atoms with Gasteiger partial charge in [0.1, 0.15) is 0 Å². The molecule has 0 aliphatic carbocycles. The zero-order valence-electron chi connectivity index (χ0n) is 12.5. The predicted molar refractivity (Wildman–Crippen MR) is 83.7 cm³/mol. The van der Waals surface area contributed by atoms with E-state index in [0.29, 0.717) is 6.54 Å². The zero-order valence-corrected chi connectivity index (χ0v) is 12.5. The molecule has 4 nitrogen and oxygen atoms in total. The first-order chi connectivity index (χ1) is 10.2. The van der Waals surface area contributed by atoms with Crippen molar-refractivity contribution in [2.45, 2.75) is 38.2 Å². The summed E-state index contributed by atoms with van der Waals surface area (Å²) >= 11 is 0. The largest absolute Gasteiger partial charge is 0.391 e. The lowest BCUT2D eigenvalue weighted by molar-refractivity contribution is 0.0474. The smallest absolute Gasteiger partial charge is 0.253 e. The van der Waals surface area contributed by atoms with E-state index in [1.807, 2.05) is 12.1 Å². The minimum absolute atomic E-state index is 0.0407. The highest BCUT2D eigenvalue weighted by molar-refractivity contribution is 5.94. The van der Waals surface area contributed by atoms with Crippen LogP contribution in [0.5, 0.6) is 0 Å². The molecular formula is C17H24N2O2. The second-order valence-electron chi connectivity index (χ2n) is 6.14. The van der Waals surface area contributed by atoms with Gasteiger partial charge in [-0.05, 0) is 56.4 Å². The van der Waals surface area contributed by atoms with Crippen LogP contribution >= 0.6 is 0 Å². The standard InChI is InChI=1S/C17H24N2O2/c20-16-5-4-12-19(13-16)17(21)14-6-8-15(9-7-14)18-10-2-1-3-11-18/h6-9,16,20H,1-5,10-13H2. The molecule has 0 bridgehead atoms. The minimum atomic E-state index is -0.365. The number of likely N-dealkylation sites (tertiary alicyclic amines) is 1. The number of carbonyl (C=O) groups is 1. The van der Waals surface area contributed by atoms with Crippen LogP contribution in [0.4, 0.5) is 5.69 Å². The van der Waals surface area contributed by atoms with Crippen molar-refractivity contribution >= 4 is 11.6 Å². The summed E-state index contributed by atoms with van der Waals surface area (Å²) in [6, 6.07) is 7.96. The van der Waals surface area contributed by atoms with E-state index < -0.39 is 0 Å². The van der Waals surface area contributed by atoms with Crippen LogP contribution in [-0.2, 0) is 0 Å². The molecule has 2 saturated heterocycles. The van der Waals surface area contributed by atoms with Gasteiger partial charge in [-0.3, -0.25) is 4.79 Å². The number of benzene rings is 1. The van der Waals surface area contributed by atoms with Gasteiger partial charge in [0.05, 0.1) is 6.10 Å². The molecule has 1 aromatic carbocycles. The van der Waals surface area contributed by atoms with E-state index in [1.54, 1.807) is 4.90 Å². The van der Waals surface area contributed by atoms with Crippen LogP contribution in [0, 0.1) is 0 Å². The third-order valence-corrected chi connectivity index (χ3v) is 4.52. The van der Waals surface area contributed by atoms with Gasteiger partial charge in [-0.2, -0.15) is 0 Å². The van der Waals surface area contributed by atoms with Crippen molar-refractivity contribution in [3.05, 3.63) is 29.8 Å². The highest BCUT2D eigenvalue weighted by atomic mass is 16.3. The molecule has 2 aliphatic heterocycles. The minimum Gasteiger partial charge on any atom is -0.391 e. The van der Waals surface area contributed by atoms with E-state index in [1.165, 1.54) is 24.9 Å². The quantitative estimate of drug-likeness (QED) is 0.908. The van der Waals surface area contributed by atoms with Crippen LogP contribution in [-0.4, -0.2) is 48.2 Å². The Morgan fingerprint density at radius 2 is 1.71 bits per heavy atom. The zero-order chi connectivity index (χ0) is 14.7. The summed E-state index contributed by atoms with van der Waals surface area (Å²) in [5.41, 5.74) is 1.94. The molecule has 0 aromatic heterocycles. The number of piperidine rings is 2. The molecule has 1 atom stereocenters. The number of rotatable bonds is 2. The Bertz CT molecular complexity index is 480. The van der Waals surface area contributed by atoms with Crippen LogP contribution in [0.1, 0.15) is 42.5 Å². The number of β-amino-alcohol motifs (C(OH)–C–C–N with tert-alkyl or cyclic N) is 1. The lowest BCUT2D eigenvalue weighted by Crippen LogP contribution is -2.42. The molecule has 1 aromatic rings. The van der Waals surface area contributed by atoms with Gasteiger partial charge in [0, 0.05) is 37.4 Å². The van der Waals surface area contributed by atoms with Gasteiger partial charge < -0.3 is 14.9 Å². The molecule has 1 N–H and O–H groups in total. The third-order valence-electron chi connectivity index (χ3n) is 4.52. The fourth-order valence-electron chi connectivity index (χ4n) is 3.29. The number of aliphatic hydroxyl groups is 1. The van der Waals surface area contributed by atoms with Crippen molar-refractivity contribution in [3.63, 3.8) is 0 Å². The SMILES string of the molecule is O=C(c1ccc(N2CCCCC2)cc1)N1CCCC(O)C1. The van der Waals surface area contributed by atoms with Crippen LogP contribution in [0.25, 0.3) is 0 Å². The first-order valence-electron chi connectivity index (χ1n) is 8.06. The molecule has 3 rings (SSSR count). The summed E-state index contributed by atoms with van der Waals surface area (Å²) in [4.78, 5) is 16.6. The number of aliphatic hydroxyl groups excluding tert-OH is 1. The fraction of sp³-hybridized carbons (Fsp3) is 0.588. The second kappa shape index (κ2) is 6.48. The number of carbonyl (C=O) groups excluding carboxylic acids is 1. The average Bonchev–Trinajstić information content (AvgIpc) is 2.55. The van der Waals surface area contributed by atoms with Crippen molar-refractivity contribution in [2.24, 2.45) is 0 Å². The van der Waals surface area contributed by atoms with Gasteiger partial charge in [-0.1, -0.05) is 0 Å². The molecule has 2 fully saturated rings. The summed E-state index contributed by atoms with van der Waals surface area (Å²) in [5.74, 6) is 0.0407. The number of anilines is 1. The molecule has 1 unspecified atom stereocenters. The Morgan fingerprint density at radius 3 is 2.38 bits per heavy atom. The Morgan fingerprint density at radius 1 is 1.00 bits per heavy atom. The molecule has 2 aliphatic rings. The summed E-state index contributed by atoms with van der Waals surface area (Å²) < 4.78 is 0. The maximum atomic E-state index is 12.4. The van der Waals surface area contributed by atoms with Gasteiger partial charge in [-0.25, -0.2) is 0 Å². The number of amides is 1. The van der Waals surface area contributed by atoms with Crippen molar-refractivity contribution in [3.8, 4) is 0 Å². The maximum Gasteiger partial charge on any atom is 0.253 e. The van der Waals surface area contributed by atoms with Gasteiger partial charge in [-0.15, -0.1) is 0 Å². The summed E-state index contributed by atoms with van der Waals surface area (Å²) in [7, 11) is 0. The van der Waals surface area contributed by atoms with E-state index in [0.717, 1.165) is 38.0 Å². The van der Waals surface area contributed by atoms with E-state index in [9.17, 15) is 9.90 Å². The van der Waals surface area contributed by atoms with Gasteiger partial charge >= 0.3 is 0 Å². The highest BCUT2D eigenvalue weighted by Crippen LogP contribution is 2.21. The van der Waals surface area contributed by atoms with Crippen LogP contribution in [0.3, 0.4) is 0 Å². The summed E-state index contributed by atoms with van der Waals surface area (Å²) in [5, 5.41) is 9.69. The first-order valence-corrected chi connectivity index (χ1v) is 8.06. The molecule has 21 heavy (non-hydrogen) atoms. The Labute approximate surface area is 126 Å². The molecule has 0 radical (unpaired) electrons. The topological polar surface area (TPSA) is 43.8 Å². The second-order valence-corrected chi connectivity index (χ2v) is 6.14. The molecule has 0 spiro atoms. The van der Waals surface area contributed by atoms with Crippen LogP contribution in [0.2, 0.25) is 0 Å². The Kier molecular flexibility index (Phi) is 4.44. The fourth-order valence-corrected chi connectivity index (χ4v) is 3.29. The first kappa shape index (κ1) is 14.4. The van der Waals surface area contributed by atoms with Crippen molar-refractivity contribution in [1.29, 1.82) is 0 Å². The van der Waals surface area contributed by atoms with Gasteiger partial charge in [0.2, 0.25) is 0 Å². The lowest BCUT2D eigenvalue weighted by Gasteiger charge is -2.31. The molecule has 2 heterocycles. The average molecular weight is 288 g/mol. The number of hydrogen-bond donors (Lipinski definition) is 1. The molecule has 1 amide bonds. The van der Waals surface area contributed by atoms with E-state index >= 15 is 0 Å². The molecular weight excluding hydrogens is 264 g/mol. The molecule has 4 heteroatoms. The monoisotopic (exact) mass is 288 g/mol. The van der Waals surface area contributed by atoms with Crippen LogP contribution < -0.4 is 4.90 Å². The molecule has 0 saturated carbocycles. The highest BCUT2D eigenvalue weighted by Gasteiger charge is 2.23. The van der Waals surface area contributed by atoms with Gasteiger partial charge in [0.15, 0.2) is 0 Å². The van der Waals surface area contributed by atoms with Crippen LogP contribution in [0.15, 0.2) is 24.3 Å². The Hall–Kier alpha value is -1.55.